The average molecular weight is 385 g/mol. The first kappa shape index (κ1) is 18.8. The molecule has 0 atom stereocenters. The maximum absolute atomic E-state index is 12.1. The van der Waals surface area contributed by atoms with Gasteiger partial charge < -0.3 is 10.1 Å². The van der Waals surface area contributed by atoms with E-state index in [4.69, 9.17) is 4.74 Å². The fourth-order valence-corrected chi connectivity index (χ4v) is 3.42. The first-order chi connectivity index (χ1) is 13.0. The standard InChI is InChI=1S/C19H19N3O4S/c1-2-13-5-8-15(9-6-13)26-11-3-4-18(23)21-19-20-16-10-7-14(22(24)25)12-17(16)27-19/h5-10,12H,2-4,11H2,1H3,(H,20,21,23). The Hall–Kier alpha value is -3.00. The maximum atomic E-state index is 12.1. The number of benzene rings is 2. The summed E-state index contributed by atoms with van der Waals surface area (Å²) in [6.07, 6.45) is 1.88. The maximum Gasteiger partial charge on any atom is 0.270 e. The second-order valence-corrected chi connectivity index (χ2v) is 6.96. The van der Waals surface area contributed by atoms with Crippen LogP contribution in [0.2, 0.25) is 0 Å². The lowest BCUT2D eigenvalue weighted by Gasteiger charge is -2.06. The summed E-state index contributed by atoms with van der Waals surface area (Å²) in [6.45, 7) is 2.55. The molecule has 0 bridgehead atoms. The molecule has 1 N–H and O–H groups in total. The molecule has 27 heavy (non-hydrogen) atoms. The van der Waals surface area contributed by atoms with Crippen molar-refractivity contribution in [2.75, 3.05) is 11.9 Å². The van der Waals surface area contributed by atoms with Gasteiger partial charge in [0, 0.05) is 18.6 Å². The van der Waals surface area contributed by atoms with Crippen LogP contribution in [0, 0.1) is 10.1 Å². The number of carbonyl (C=O) groups excluding carboxylic acids is 1. The zero-order valence-electron chi connectivity index (χ0n) is 14.8. The molecule has 1 heterocycles. The number of carbonyl (C=O) groups is 1. The highest BCUT2D eigenvalue weighted by atomic mass is 32.1. The summed E-state index contributed by atoms with van der Waals surface area (Å²) in [5, 5.41) is 14.0. The van der Waals surface area contributed by atoms with E-state index in [1.807, 2.05) is 24.3 Å². The summed E-state index contributed by atoms with van der Waals surface area (Å²) >= 11 is 1.22. The number of hydrogen-bond donors (Lipinski definition) is 1. The van der Waals surface area contributed by atoms with E-state index in [9.17, 15) is 14.9 Å². The monoisotopic (exact) mass is 385 g/mol. The predicted molar refractivity (Wildman–Crippen MR) is 105 cm³/mol. The Morgan fingerprint density at radius 2 is 2.04 bits per heavy atom. The number of non-ortho nitro benzene ring substituents is 1. The molecule has 3 rings (SSSR count). The first-order valence-corrected chi connectivity index (χ1v) is 9.43. The molecule has 0 radical (unpaired) electrons. The Morgan fingerprint density at radius 1 is 1.26 bits per heavy atom. The van der Waals surface area contributed by atoms with Crippen molar-refractivity contribution in [3.63, 3.8) is 0 Å². The Balaban J connectivity index is 1.47. The number of thiazole rings is 1. The van der Waals surface area contributed by atoms with Crippen molar-refractivity contribution in [1.29, 1.82) is 0 Å². The summed E-state index contributed by atoms with van der Waals surface area (Å²) in [5.41, 5.74) is 1.88. The number of aromatic nitrogens is 1. The summed E-state index contributed by atoms with van der Waals surface area (Å²) in [6, 6.07) is 12.4. The Morgan fingerprint density at radius 3 is 2.74 bits per heavy atom. The van der Waals surface area contributed by atoms with E-state index >= 15 is 0 Å². The van der Waals surface area contributed by atoms with Gasteiger partial charge in [0.1, 0.15) is 5.75 Å². The average Bonchev–Trinajstić information content (AvgIpc) is 3.06. The van der Waals surface area contributed by atoms with Crippen molar-refractivity contribution in [3.05, 3.63) is 58.1 Å². The van der Waals surface area contributed by atoms with E-state index in [-0.39, 0.29) is 11.6 Å². The SMILES string of the molecule is CCc1ccc(OCCCC(=O)Nc2nc3ccc([N+](=O)[O-])cc3s2)cc1. The van der Waals surface area contributed by atoms with Crippen LogP contribution < -0.4 is 10.1 Å². The third-order valence-corrected chi connectivity index (χ3v) is 4.91. The van der Waals surface area contributed by atoms with Gasteiger partial charge in [0.25, 0.3) is 5.69 Å². The minimum absolute atomic E-state index is 0.00754. The van der Waals surface area contributed by atoms with E-state index in [1.54, 1.807) is 6.07 Å². The molecule has 0 fully saturated rings. The predicted octanol–water partition coefficient (Wildman–Crippen LogP) is 4.56. The van der Waals surface area contributed by atoms with Crippen LogP contribution in [0.15, 0.2) is 42.5 Å². The van der Waals surface area contributed by atoms with Crippen LogP contribution in [0.5, 0.6) is 5.75 Å². The second-order valence-electron chi connectivity index (χ2n) is 5.93. The number of ether oxygens (including phenoxy) is 1. The van der Waals surface area contributed by atoms with Gasteiger partial charge in [0.15, 0.2) is 5.13 Å². The Kier molecular flexibility index (Phi) is 5.97. The molecule has 3 aromatic rings. The lowest BCUT2D eigenvalue weighted by atomic mass is 10.2. The number of nitro groups is 1. The quantitative estimate of drug-likeness (QED) is 0.348. The lowest BCUT2D eigenvalue weighted by molar-refractivity contribution is -0.384. The van der Waals surface area contributed by atoms with Crippen molar-refractivity contribution in [1.82, 2.24) is 4.98 Å². The Bertz CT molecular complexity index is 953. The highest BCUT2D eigenvalue weighted by Gasteiger charge is 2.12. The van der Waals surface area contributed by atoms with Crippen molar-refractivity contribution in [2.24, 2.45) is 0 Å². The fraction of sp³-hybridized carbons (Fsp3) is 0.263. The van der Waals surface area contributed by atoms with Crippen LogP contribution in [0.25, 0.3) is 10.2 Å². The molecule has 0 aliphatic heterocycles. The molecule has 0 aliphatic carbocycles. The normalized spacial score (nSPS) is 10.7. The molecule has 0 saturated heterocycles. The van der Waals surface area contributed by atoms with Crippen molar-refractivity contribution >= 4 is 38.3 Å². The summed E-state index contributed by atoms with van der Waals surface area (Å²) in [5.74, 6) is 0.633. The van der Waals surface area contributed by atoms with Crippen molar-refractivity contribution in [2.45, 2.75) is 26.2 Å². The van der Waals surface area contributed by atoms with E-state index < -0.39 is 4.92 Å². The van der Waals surface area contributed by atoms with E-state index in [0.717, 1.165) is 12.2 Å². The number of rotatable bonds is 8. The van der Waals surface area contributed by atoms with Gasteiger partial charge in [0.05, 0.1) is 21.7 Å². The number of nitro benzene ring substituents is 1. The first-order valence-electron chi connectivity index (χ1n) is 8.61. The van der Waals surface area contributed by atoms with Gasteiger partial charge in [-0.15, -0.1) is 0 Å². The fourth-order valence-electron chi connectivity index (χ4n) is 2.51. The van der Waals surface area contributed by atoms with Gasteiger partial charge >= 0.3 is 0 Å². The van der Waals surface area contributed by atoms with E-state index in [1.165, 1.54) is 29.0 Å². The molecule has 0 aliphatic rings. The van der Waals surface area contributed by atoms with Gasteiger partial charge in [-0.05, 0) is 36.6 Å². The van der Waals surface area contributed by atoms with Crippen LogP contribution in [0.3, 0.4) is 0 Å². The van der Waals surface area contributed by atoms with E-state index in [2.05, 4.69) is 17.2 Å². The number of nitrogens with one attached hydrogen (secondary N) is 1. The number of amides is 1. The van der Waals surface area contributed by atoms with Crippen molar-refractivity contribution in [3.8, 4) is 5.75 Å². The van der Waals surface area contributed by atoms with Crippen LogP contribution in [0.1, 0.15) is 25.3 Å². The third-order valence-electron chi connectivity index (χ3n) is 3.98. The summed E-state index contributed by atoms with van der Waals surface area (Å²) < 4.78 is 6.30. The zero-order valence-corrected chi connectivity index (χ0v) is 15.6. The molecular formula is C19H19N3O4S. The minimum atomic E-state index is -0.451. The molecule has 1 aromatic heterocycles. The van der Waals surface area contributed by atoms with Crippen LogP contribution in [-0.2, 0) is 11.2 Å². The number of aryl methyl sites for hydroxylation is 1. The summed E-state index contributed by atoms with van der Waals surface area (Å²) in [7, 11) is 0. The van der Waals surface area contributed by atoms with Gasteiger partial charge in [-0.25, -0.2) is 4.98 Å². The van der Waals surface area contributed by atoms with E-state index in [0.29, 0.717) is 34.8 Å². The topological polar surface area (TPSA) is 94.4 Å². The molecule has 0 spiro atoms. The molecule has 2 aromatic carbocycles. The third kappa shape index (κ3) is 5.01. The molecular weight excluding hydrogens is 366 g/mol. The minimum Gasteiger partial charge on any atom is -0.494 e. The molecule has 0 unspecified atom stereocenters. The van der Waals surface area contributed by atoms with Crippen LogP contribution in [-0.4, -0.2) is 22.4 Å². The molecule has 8 heteroatoms. The molecule has 7 nitrogen and oxygen atoms in total. The molecule has 140 valence electrons. The Labute approximate surface area is 160 Å². The number of hydrogen-bond acceptors (Lipinski definition) is 6. The second kappa shape index (κ2) is 8.59. The zero-order chi connectivity index (χ0) is 19.2. The van der Waals surface area contributed by atoms with Crippen LogP contribution >= 0.6 is 11.3 Å². The largest absolute Gasteiger partial charge is 0.494 e. The highest BCUT2D eigenvalue weighted by Crippen LogP contribution is 2.29. The van der Waals surface area contributed by atoms with Gasteiger partial charge in [0.2, 0.25) is 5.91 Å². The van der Waals surface area contributed by atoms with Gasteiger partial charge in [-0.1, -0.05) is 30.4 Å². The van der Waals surface area contributed by atoms with Crippen LogP contribution in [0.4, 0.5) is 10.8 Å². The number of fused-ring (bicyclic) bond motifs is 1. The smallest absolute Gasteiger partial charge is 0.270 e. The molecule has 0 saturated carbocycles. The highest BCUT2D eigenvalue weighted by molar-refractivity contribution is 7.22. The number of nitrogens with zero attached hydrogens (tertiary/aromatic N) is 2. The number of anilines is 1. The molecule has 1 amide bonds. The summed E-state index contributed by atoms with van der Waals surface area (Å²) in [4.78, 5) is 26.7. The lowest BCUT2D eigenvalue weighted by Crippen LogP contribution is -2.12. The van der Waals surface area contributed by atoms with Gasteiger partial charge in [-0.2, -0.15) is 0 Å². The van der Waals surface area contributed by atoms with Gasteiger partial charge in [-0.3, -0.25) is 14.9 Å². The van der Waals surface area contributed by atoms with Crippen molar-refractivity contribution < 1.29 is 14.5 Å².